The molecule has 100 valence electrons. The highest BCUT2D eigenvalue weighted by Gasteiger charge is 2.27. The highest BCUT2D eigenvalue weighted by molar-refractivity contribution is 4.83. The van der Waals surface area contributed by atoms with Crippen molar-refractivity contribution in [1.82, 2.24) is 4.90 Å². The van der Waals surface area contributed by atoms with Gasteiger partial charge in [0, 0.05) is 25.7 Å². The first-order valence-electron chi connectivity index (χ1n) is 7.76. The SMILES string of the molecule is CCCCC1CC(N)CN(CC2CCCC2)C1. The van der Waals surface area contributed by atoms with Gasteiger partial charge in [0.15, 0.2) is 0 Å². The number of nitrogens with two attached hydrogens (primary N) is 1. The van der Waals surface area contributed by atoms with Crippen LogP contribution < -0.4 is 5.73 Å². The Balaban J connectivity index is 1.76. The molecule has 2 nitrogen and oxygen atoms in total. The van der Waals surface area contributed by atoms with E-state index in [-0.39, 0.29) is 0 Å². The third kappa shape index (κ3) is 4.26. The summed E-state index contributed by atoms with van der Waals surface area (Å²) in [4.78, 5) is 2.67. The Kier molecular flexibility index (Phi) is 5.30. The van der Waals surface area contributed by atoms with Crippen LogP contribution >= 0.6 is 0 Å². The molecular weight excluding hydrogens is 208 g/mol. The molecule has 17 heavy (non-hydrogen) atoms. The van der Waals surface area contributed by atoms with Crippen molar-refractivity contribution in [2.45, 2.75) is 64.3 Å². The lowest BCUT2D eigenvalue weighted by molar-refractivity contribution is 0.131. The van der Waals surface area contributed by atoms with Crippen LogP contribution in [0.2, 0.25) is 0 Å². The minimum Gasteiger partial charge on any atom is -0.327 e. The summed E-state index contributed by atoms with van der Waals surface area (Å²) in [5.41, 5.74) is 6.22. The molecule has 0 aromatic heterocycles. The van der Waals surface area contributed by atoms with Crippen molar-refractivity contribution in [3.05, 3.63) is 0 Å². The van der Waals surface area contributed by atoms with Gasteiger partial charge in [-0.05, 0) is 37.5 Å². The summed E-state index contributed by atoms with van der Waals surface area (Å²) in [6, 6.07) is 0.437. The van der Waals surface area contributed by atoms with Crippen molar-refractivity contribution in [1.29, 1.82) is 0 Å². The van der Waals surface area contributed by atoms with E-state index < -0.39 is 0 Å². The highest BCUT2D eigenvalue weighted by Crippen LogP contribution is 2.28. The van der Waals surface area contributed by atoms with Gasteiger partial charge in [-0.3, -0.25) is 0 Å². The molecule has 0 aromatic rings. The quantitative estimate of drug-likeness (QED) is 0.798. The van der Waals surface area contributed by atoms with Gasteiger partial charge in [-0.1, -0.05) is 32.6 Å². The third-order valence-corrected chi connectivity index (χ3v) is 4.60. The Morgan fingerprint density at radius 3 is 2.59 bits per heavy atom. The molecule has 0 radical (unpaired) electrons. The molecule has 2 rings (SSSR count). The van der Waals surface area contributed by atoms with Crippen molar-refractivity contribution < 1.29 is 0 Å². The Labute approximate surface area is 107 Å². The molecular formula is C15H30N2. The number of nitrogens with zero attached hydrogens (tertiary/aromatic N) is 1. The van der Waals surface area contributed by atoms with E-state index in [1.54, 1.807) is 0 Å². The van der Waals surface area contributed by atoms with Crippen LogP contribution in [0.1, 0.15) is 58.3 Å². The van der Waals surface area contributed by atoms with E-state index in [4.69, 9.17) is 5.73 Å². The van der Waals surface area contributed by atoms with Crippen LogP contribution in [-0.4, -0.2) is 30.6 Å². The van der Waals surface area contributed by atoms with Crippen molar-refractivity contribution in [2.75, 3.05) is 19.6 Å². The summed E-state index contributed by atoms with van der Waals surface area (Å²) < 4.78 is 0. The van der Waals surface area contributed by atoms with Gasteiger partial charge in [-0.2, -0.15) is 0 Å². The smallest absolute Gasteiger partial charge is 0.0170 e. The molecule has 2 heteroatoms. The molecule has 1 saturated carbocycles. The monoisotopic (exact) mass is 238 g/mol. The maximum Gasteiger partial charge on any atom is 0.0170 e. The predicted octanol–water partition coefficient (Wildman–Crippen LogP) is 3.02. The zero-order valence-corrected chi connectivity index (χ0v) is 11.5. The van der Waals surface area contributed by atoms with Gasteiger partial charge in [-0.25, -0.2) is 0 Å². The lowest BCUT2D eigenvalue weighted by Crippen LogP contribution is -2.48. The fourth-order valence-corrected chi connectivity index (χ4v) is 3.76. The molecule has 1 aliphatic heterocycles. The van der Waals surface area contributed by atoms with Crippen LogP contribution in [0.15, 0.2) is 0 Å². The summed E-state index contributed by atoms with van der Waals surface area (Å²) in [5, 5.41) is 0. The number of unbranched alkanes of at least 4 members (excludes halogenated alkanes) is 1. The molecule has 2 atom stereocenters. The molecule has 0 aromatic carbocycles. The molecule has 1 aliphatic carbocycles. The lowest BCUT2D eigenvalue weighted by Gasteiger charge is -2.37. The molecule has 1 heterocycles. The fourth-order valence-electron chi connectivity index (χ4n) is 3.76. The molecule has 2 aliphatic rings. The Morgan fingerprint density at radius 2 is 1.88 bits per heavy atom. The predicted molar refractivity (Wildman–Crippen MR) is 74.0 cm³/mol. The second-order valence-corrected chi connectivity index (χ2v) is 6.37. The average molecular weight is 238 g/mol. The Morgan fingerprint density at radius 1 is 1.12 bits per heavy atom. The molecule has 2 N–H and O–H groups in total. The lowest BCUT2D eigenvalue weighted by atomic mass is 9.89. The van der Waals surface area contributed by atoms with Crippen LogP contribution in [0.4, 0.5) is 0 Å². The molecule has 0 bridgehead atoms. The van der Waals surface area contributed by atoms with E-state index in [1.165, 1.54) is 64.5 Å². The summed E-state index contributed by atoms with van der Waals surface area (Å²) in [5.74, 6) is 1.85. The summed E-state index contributed by atoms with van der Waals surface area (Å²) in [6.45, 7) is 6.10. The maximum atomic E-state index is 6.22. The average Bonchev–Trinajstić information content (AvgIpc) is 2.78. The topological polar surface area (TPSA) is 29.3 Å². The summed E-state index contributed by atoms with van der Waals surface area (Å²) in [7, 11) is 0. The van der Waals surface area contributed by atoms with Gasteiger partial charge < -0.3 is 10.6 Å². The largest absolute Gasteiger partial charge is 0.327 e. The Hall–Kier alpha value is -0.0800. The molecule has 0 amide bonds. The minimum atomic E-state index is 0.437. The van der Waals surface area contributed by atoms with Gasteiger partial charge in [0.1, 0.15) is 0 Å². The first-order chi connectivity index (χ1) is 8.28. The normalized spacial score (nSPS) is 32.1. The van der Waals surface area contributed by atoms with Gasteiger partial charge in [0.2, 0.25) is 0 Å². The molecule has 2 unspecified atom stereocenters. The molecule has 1 saturated heterocycles. The standard InChI is InChI=1S/C15H30N2/c1-2-3-6-14-9-15(16)12-17(11-14)10-13-7-4-5-8-13/h13-15H,2-12,16H2,1H3. The first-order valence-corrected chi connectivity index (χ1v) is 7.76. The third-order valence-electron chi connectivity index (χ3n) is 4.60. The van der Waals surface area contributed by atoms with Gasteiger partial charge in [0.25, 0.3) is 0 Å². The van der Waals surface area contributed by atoms with E-state index in [0.29, 0.717) is 6.04 Å². The first kappa shape index (κ1) is 13.4. The van der Waals surface area contributed by atoms with E-state index in [2.05, 4.69) is 11.8 Å². The molecule has 0 spiro atoms. The van der Waals surface area contributed by atoms with Crippen molar-refractivity contribution in [3.8, 4) is 0 Å². The van der Waals surface area contributed by atoms with Crippen LogP contribution in [0.5, 0.6) is 0 Å². The van der Waals surface area contributed by atoms with Gasteiger partial charge in [-0.15, -0.1) is 0 Å². The summed E-state index contributed by atoms with van der Waals surface area (Å²) in [6.07, 6.45) is 11.2. The zero-order chi connectivity index (χ0) is 12.1. The number of piperidine rings is 1. The van der Waals surface area contributed by atoms with Gasteiger partial charge in [0.05, 0.1) is 0 Å². The van der Waals surface area contributed by atoms with Gasteiger partial charge >= 0.3 is 0 Å². The van der Waals surface area contributed by atoms with E-state index in [1.807, 2.05) is 0 Å². The van der Waals surface area contributed by atoms with E-state index in [0.717, 1.165) is 18.4 Å². The van der Waals surface area contributed by atoms with Crippen LogP contribution in [0, 0.1) is 11.8 Å². The Bertz CT molecular complexity index is 211. The maximum absolute atomic E-state index is 6.22. The van der Waals surface area contributed by atoms with E-state index in [9.17, 15) is 0 Å². The second kappa shape index (κ2) is 6.75. The number of hydrogen-bond acceptors (Lipinski definition) is 2. The van der Waals surface area contributed by atoms with Crippen molar-refractivity contribution in [2.24, 2.45) is 17.6 Å². The van der Waals surface area contributed by atoms with Crippen LogP contribution in [-0.2, 0) is 0 Å². The van der Waals surface area contributed by atoms with E-state index >= 15 is 0 Å². The van der Waals surface area contributed by atoms with Crippen LogP contribution in [0.25, 0.3) is 0 Å². The number of hydrogen-bond donors (Lipinski definition) is 1. The zero-order valence-electron chi connectivity index (χ0n) is 11.5. The second-order valence-electron chi connectivity index (χ2n) is 6.37. The minimum absolute atomic E-state index is 0.437. The molecule has 2 fully saturated rings. The van der Waals surface area contributed by atoms with Crippen LogP contribution in [0.3, 0.4) is 0 Å². The number of rotatable bonds is 5. The van der Waals surface area contributed by atoms with Crippen molar-refractivity contribution in [3.63, 3.8) is 0 Å². The summed E-state index contributed by atoms with van der Waals surface area (Å²) >= 11 is 0. The number of likely N-dealkylation sites (tertiary alicyclic amines) is 1. The fraction of sp³-hybridized carbons (Fsp3) is 1.00. The van der Waals surface area contributed by atoms with Crippen molar-refractivity contribution >= 4 is 0 Å². The highest BCUT2D eigenvalue weighted by atomic mass is 15.2.